The summed E-state index contributed by atoms with van der Waals surface area (Å²) in [4.78, 5) is 174. The van der Waals surface area contributed by atoms with E-state index in [9.17, 15) is 131 Å². The van der Waals surface area contributed by atoms with E-state index >= 15 is 0 Å². The molecule has 0 aliphatic carbocycles. The Labute approximate surface area is 815 Å². The summed E-state index contributed by atoms with van der Waals surface area (Å²) in [6.07, 6.45) is -1.08. The molecule has 0 radical (unpaired) electrons. The minimum Gasteiger partial charge on any atom is -0.497 e. The van der Waals surface area contributed by atoms with Gasteiger partial charge in [0, 0.05) is 77.8 Å². The van der Waals surface area contributed by atoms with Crippen molar-refractivity contribution in [3.63, 3.8) is 0 Å². The molecule has 2 fully saturated rings. The zero-order valence-electron chi connectivity index (χ0n) is 74.1. The maximum Gasteiger partial charge on any atom is 0.454 e. The molecule has 0 aromatic heterocycles. The number of alkyl carbamates (subject to hydrolysis) is 2. The van der Waals surface area contributed by atoms with Crippen LogP contribution in [0.5, 0.6) is 11.5 Å². The number of amides is 12. The van der Waals surface area contributed by atoms with Crippen LogP contribution in [0.15, 0.2) is 158 Å². The molecule has 6 aliphatic heterocycles. The highest BCUT2D eigenvalue weighted by Crippen LogP contribution is 2.35. The molecular weight excluding hydrogens is 2100 g/mol. The first kappa shape index (κ1) is 108. The Morgan fingerprint density at radius 3 is 1.18 bits per heavy atom. The second-order valence-electron chi connectivity index (χ2n) is 30.8. The van der Waals surface area contributed by atoms with Gasteiger partial charge in [0.05, 0.1) is 80.0 Å². The molecule has 8 aromatic carbocycles. The van der Waals surface area contributed by atoms with Crippen LogP contribution in [0.4, 0.5) is 63.1 Å². The molecule has 732 valence electrons. The van der Waals surface area contributed by atoms with Gasteiger partial charge in [-0.05, 0) is 190 Å². The average Bonchev–Trinajstić information content (AvgIpc) is 1.60. The lowest BCUT2D eigenvalue weighted by Crippen LogP contribution is -2.60. The highest BCUT2D eigenvalue weighted by atomic mass is 127. The molecule has 6 heterocycles. The molecule has 10 N–H and O–H groups in total. The molecule has 34 nitrogen and oxygen atoms in total. The molecule has 0 spiro atoms. The number of nitrogens with zero attached hydrogens (tertiary/aromatic N) is 4. The van der Waals surface area contributed by atoms with Gasteiger partial charge in [0.1, 0.15) is 34.8 Å². The summed E-state index contributed by atoms with van der Waals surface area (Å²) in [6.45, 7) is 2.06. The highest BCUT2D eigenvalue weighted by Gasteiger charge is 2.52. The Morgan fingerprint density at radius 2 is 0.800 bits per heavy atom. The molecule has 46 heteroatoms. The Morgan fingerprint density at radius 1 is 0.443 bits per heavy atom. The average molecular weight is 2180 g/mol. The van der Waals surface area contributed by atoms with Gasteiger partial charge in [-0.25, -0.2) is 46.3 Å². The summed E-state index contributed by atoms with van der Waals surface area (Å²) in [5, 5.41) is 52.7. The number of ether oxygens (including phenoxy) is 6. The first-order valence-corrected chi connectivity index (χ1v) is 42.3. The van der Waals surface area contributed by atoms with Crippen LogP contribution in [0.25, 0.3) is 0 Å². The number of imide groups is 2. The Balaban J connectivity index is 0.000000193. The molecular formula is C94H78F10I2N10O24. The van der Waals surface area contributed by atoms with Crippen molar-refractivity contribution in [2.45, 2.75) is 86.1 Å². The first-order valence-electron chi connectivity index (χ1n) is 40.1. The van der Waals surface area contributed by atoms with E-state index in [1.54, 1.807) is 130 Å². The normalized spacial score (nSPS) is 16.5. The van der Waals surface area contributed by atoms with Gasteiger partial charge in [0.25, 0.3) is 47.0 Å². The maximum atomic E-state index is 14.0. The van der Waals surface area contributed by atoms with Gasteiger partial charge in [-0.3, -0.25) is 59.6 Å². The predicted molar refractivity (Wildman–Crippen MR) is 484 cm³/mol. The number of alkyl halides is 6. The van der Waals surface area contributed by atoms with Crippen LogP contribution in [0.2, 0.25) is 0 Å². The number of fused-ring (bicyclic) bond motifs is 4. The zero-order valence-corrected chi connectivity index (χ0v) is 78.4. The van der Waals surface area contributed by atoms with E-state index in [-0.39, 0.29) is 80.6 Å². The van der Waals surface area contributed by atoms with Gasteiger partial charge >= 0.3 is 48.5 Å². The fourth-order valence-electron chi connectivity index (χ4n) is 14.0. The second-order valence-corrected chi connectivity index (χ2v) is 33.3. The van der Waals surface area contributed by atoms with E-state index in [4.69, 9.17) is 31.8 Å². The minimum atomic E-state index is -5.04. The third-order valence-corrected chi connectivity index (χ3v) is 22.3. The summed E-state index contributed by atoms with van der Waals surface area (Å²) >= 11 is 3.39. The third-order valence-electron chi connectivity index (χ3n) is 21.0. The van der Waals surface area contributed by atoms with Crippen molar-refractivity contribution in [1.82, 2.24) is 51.5 Å². The number of aliphatic hydroxyl groups is 4. The van der Waals surface area contributed by atoms with E-state index in [1.807, 2.05) is 0 Å². The smallest absolute Gasteiger partial charge is 0.454 e. The van der Waals surface area contributed by atoms with Gasteiger partial charge < -0.3 is 79.1 Å². The zero-order chi connectivity index (χ0) is 104. The molecule has 14 rings (SSSR count). The molecule has 2 saturated heterocycles. The van der Waals surface area contributed by atoms with E-state index in [0.29, 0.717) is 47.4 Å². The summed E-state index contributed by atoms with van der Waals surface area (Å²) in [7, 11) is 7.48. The largest absolute Gasteiger partial charge is 0.497 e. The number of rotatable bonds is 18. The number of Topliss-reactive ketones (excluding diaryl/α,β-unsaturated/α-hetero) is 2. The predicted octanol–water partition coefficient (Wildman–Crippen LogP) is 8.59. The third kappa shape index (κ3) is 25.6. The highest BCUT2D eigenvalue weighted by molar-refractivity contribution is 14.1. The number of ketones is 2. The number of hydrogen-bond acceptors (Lipinski definition) is 24. The van der Waals surface area contributed by atoms with Crippen LogP contribution in [0.1, 0.15) is 121 Å². The molecule has 8 aromatic rings. The van der Waals surface area contributed by atoms with Crippen LogP contribution in [-0.2, 0) is 75.9 Å². The number of terminal acetylenes is 2. The van der Waals surface area contributed by atoms with Gasteiger partial charge in [-0.1, -0.05) is 84.1 Å². The van der Waals surface area contributed by atoms with Crippen molar-refractivity contribution in [1.29, 1.82) is 0 Å². The quantitative estimate of drug-likeness (QED) is 0.00561. The molecule has 4 atom stereocenters. The number of halogens is 12. The fourth-order valence-corrected chi connectivity index (χ4v) is 15.0. The topological polar surface area (TPSA) is 460 Å². The monoisotopic (exact) mass is 2170 g/mol. The molecule has 12 amide bonds. The molecule has 140 heavy (non-hydrogen) atoms. The van der Waals surface area contributed by atoms with Crippen molar-refractivity contribution >= 4 is 128 Å². The van der Waals surface area contributed by atoms with E-state index < -0.39 is 151 Å². The molecule has 0 bridgehead atoms. The fraction of sp³-hybridized carbons (Fsp3) is 0.255. The number of urea groups is 2. The van der Waals surface area contributed by atoms with Crippen LogP contribution in [-0.4, -0.2) is 227 Å². The number of esters is 2. The van der Waals surface area contributed by atoms with Crippen molar-refractivity contribution in [2.24, 2.45) is 0 Å². The van der Waals surface area contributed by atoms with Crippen LogP contribution in [0.3, 0.4) is 0 Å². The van der Waals surface area contributed by atoms with Crippen LogP contribution >= 0.6 is 45.2 Å². The van der Waals surface area contributed by atoms with Gasteiger partial charge in [0.2, 0.25) is 16.6 Å². The molecule has 0 unspecified atom stereocenters. The Kier molecular flexibility index (Phi) is 34.5. The lowest BCUT2D eigenvalue weighted by atomic mass is 9.97. The number of methoxy groups -OCH3 is 6. The van der Waals surface area contributed by atoms with E-state index in [0.717, 1.165) is 113 Å². The number of carbonyl (C=O) groups excluding carboxylic acids is 14. The SMILES string of the molecule is C#C[C@](CN1Cc2ccc(OC)cc2C1=O)(NC(=O)OC)C(=O)OC.C#C[C@]1(CN2Cc3ccc(OC)cc3C2=O)NC(=O)NC1=O.CC(O)(O)c1cc(C#C[C@]2(CN3Cc4ccccc4C3=O)NC(=O)NC2=O)ccc1F.COC(=O)N[C@](C#Cc1ccc(F)c(C(C)(O)O)c1)(CN1Cc2ccccc2C1=O)C(=O)OC.O=C(c1cc(I)ccc1F)C(F)(F)F.O=C(c1cc(I)ccc1F)C(F)(F)F. The van der Waals surface area contributed by atoms with Crippen LogP contribution in [0, 0.1) is 78.8 Å². The van der Waals surface area contributed by atoms with Gasteiger partial charge in [-0.2, -0.15) is 26.3 Å². The van der Waals surface area contributed by atoms with E-state index in [1.165, 1.54) is 58.1 Å². The number of benzene rings is 8. The second kappa shape index (κ2) is 44.5. The lowest BCUT2D eigenvalue weighted by molar-refractivity contribution is -0.155. The molecule has 6 aliphatic rings. The van der Waals surface area contributed by atoms with E-state index in [2.05, 4.69) is 76.9 Å². The Hall–Kier alpha value is -15.2. The van der Waals surface area contributed by atoms with Crippen molar-refractivity contribution in [3.05, 3.63) is 266 Å². The number of nitrogens with one attached hydrogen (secondary N) is 6. The maximum absolute atomic E-state index is 14.0. The first-order chi connectivity index (χ1) is 65.6. The molecule has 0 saturated carbocycles. The van der Waals surface area contributed by atoms with Crippen molar-refractivity contribution in [2.75, 3.05) is 68.8 Å². The summed E-state index contributed by atoms with van der Waals surface area (Å²) in [5.74, 6) is -1.40. The van der Waals surface area contributed by atoms with Gasteiger partial charge in [0.15, 0.2) is 17.1 Å². The number of hydrogen-bond donors (Lipinski definition) is 10. The summed E-state index contributed by atoms with van der Waals surface area (Å²) in [5.41, 5.74) is -4.49. The van der Waals surface area contributed by atoms with Crippen LogP contribution < -0.4 is 41.4 Å². The minimum absolute atomic E-state index is 0.0864. The number of carbonyl (C=O) groups is 14. The summed E-state index contributed by atoms with van der Waals surface area (Å²) in [6, 6.07) is 35.6. The van der Waals surface area contributed by atoms with Crippen molar-refractivity contribution in [3.8, 4) is 59.9 Å². The Bertz CT molecular complexity index is 6480. The lowest BCUT2D eigenvalue weighted by Gasteiger charge is -2.30. The summed E-state index contributed by atoms with van der Waals surface area (Å²) < 4.78 is 155. The van der Waals surface area contributed by atoms with Crippen molar-refractivity contribution < 1.29 is 160 Å². The van der Waals surface area contributed by atoms with Gasteiger partial charge in [-0.15, -0.1) is 12.8 Å². The standard InChI is InChI=1S/C24H23FN2O7.C22H18FN3O5.C17H18N2O6.C15H13N3O4.2C8H3F4IO/c1-23(31,32)18-12-15(8-9-19(18)25)10-11-24(21(29)33-2,26-22(30)34-3)14-27-13-16-6-4-5-7-17(16)20(27)28;1-21(30,31)16-10-13(6-7-17(16)23)8-9-22(19(28)24-20(29)25-22)12-26-11-14-4-2-3-5-15(14)18(26)27;1-5-17(15(21)24-3,18-16(22)25-4)10-19-9-11-6-7-12(23-2)8-13(11)14(19)20;1-3-15(13(20)16-14(21)17-15)8-18-7-9-4-5-10(22-2)6-11(9)12(18)19;2*9-6-2-1-4(13)3-5(6)7(14)8(10,11)12/h4-9,12,31-32H,13-14H2,1-3H3,(H,26,30);2-7,10,30-31H,11-12H2,1H3,(H2,24,25,28,29);1,6-8H,9-10H2,2-4H3,(H,18,22);1,4-6H,7-8H2,2H3,(H2,16,17,20,21);2*1-3H/t24-;22-;17-;15-;;/m1111../s1.